The number of nitro groups is 1. The Morgan fingerprint density at radius 3 is 2.71 bits per heavy atom. The van der Waals surface area contributed by atoms with Crippen molar-refractivity contribution >= 4 is 39.1 Å². The van der Waals surface area contributed by atoms with Gasteiger partial charge in [0.15, 0.2) is 4.90 Å². The van der Waals surface area contributed by atoms with Gasteiger partial charge in [-0.2, -0.15) is 11.8 Å². The molecule has 0 aliphatic rings. The zero-order chi connectivity index (χ0) is 15.9. The molecule has 0 heterocycles. The van der Waals surface area contributed by atoms with Crippen molar-refractivity contribution in [3.05, 3.63) is 33.3 Å². The molecule has 1 aromatic rings. The van der Waals surface area contributed by atoms with Crippen LogP contribution in [0.4, 0.5) is 5.69 Å². The molecule has 1 aromatic carbocycles. The molecular weight excluding hydrogens is 340 g/mol. The van der Waals surface area contributed by atoms with Gasteiger partial charge in [-0.15, -0.1) is 0 Å². The first kappa shape index (κ1) is 18.2. The molecule has 0 unspecified atom stereocenters. The molecule has 0 saturated carbocycles. The van der Waals surface area contributed by atoms with Gasteiger partial charge in [0, 0.05) is 30.0 Å². The minimum absolute atomic E-state index is 0.0930. The average molecular weight is 355 g/mol. The van der Waals surface area contributed by atoms with E-state index in [1.54, 1.807) is 0 Å². The van der Waals surface area contributed by atoms with E-state index in [9.17, 15) is 18.5 Å². The zero-order valence-corrected chi connectivity index (χ0v) is 13.4. The second kappa shape index (κ2) is 8.54. The lowest BCUT2D eigenvalue weighted by Gasteiger charge is -2.07. The van der Waals surface area contributed by atoms with Gasteiger partial charge in [-0.05, 0) is 24.3 Å². The van der Waals surface area contributed by atoms with Gasteiger partial charge in [0.2, 0.25) is 10.0 Å². The smallest absolute Gasteiger partial charge is 0.290 e. The number of aliphatic hydroxyl groups excluding tert-OH is 1. The van der Waals surface area contributed by atoms with Gasteiger partial charge in [-0.3, -0.25) is 10.1 Å². The Kier molecular flexibility index (Phi) is 7.40. The lowest BCUT2D eigenvalue weighted by molar-refractivity contribution is -0.387. The van der Waals surface area contributed by atoms with Crippen molar-refractivity contribution in [2.45, 2.75) is 11.3 Å². The summed E-state index contributed by atoms with van der Waals surface area (Å²) in [5.74, 6) is 1.24. The largest absolute Gasteiger partial charge is 0.396 e. The van der Waals surface area contributed by atoms with Crippen LogP contribution in [0, 0.1) is 10.1 Å². The third-order valence-corrected chi connectivity index (χ3v) is 5.21. The predicted octanol–water partition coefficient (Wildman–Crippen LogP) is 1.64. The Morgan fingerprint density at radius 2 is 2.10 bits per heavy atom. The fourth-order valence-corrected chi connectivity index (χ4v) is 3.72. The Bertz CT molecular complexity index is 594. The Balaban J connectivity index is 2.72. The van der Waals surface area contributed by atoms with E-state index in [4.69, 9.17) is 16.7 Å². The maximum atomic E-state index is 12.0. The minimum Gasteiger partial charge on any atom is -0.396 e. The van der Waals surface area contributed by atoms with Gasteiger partial charge >= 0.3 is 0 Å². The average Bonchev–Trinajstić information content (AvgIpc) is 2.42. The summed E-state index contributed by atoms with van der Waals surface area (Å²) in [5.41, 5.74) is -0.553. The maximum Gasteiger partial charge on any atom is 0.290 e. The van der Waals surface area contributed by atoms with Crippen LogP contribution in [-0.2, 0) is 10.0 Å². The Labute approximate surface area is 131 Å². The van der Waals surface area contributed by atoms with Gasteiger partial charge in [0.25, 0.3) is 5.69 Å². The minimum atomic E-state index is -3.96. The first-order valence-electron chi connectivity index (χ1n) is 6.00. The van der Waals surface area contributed by atoms with Crippen LogP contribution in [0.5, 0.6) is 0 Å². The highest BCUT2D eigenvalue weighted by molar-refractivity contribution is 7.99. The van der Waals surface area contributed by atoms with E-state index in [1.807, 2.05) is 0 Å². The fraction of sp³-hybridized carbons (Fsp3) is 0.455. The lowest BCUT2D eigenvalue weighted by atomic mass is 10.3. The van der Waals surface area contributed by atoms with Crippen LogP contribution >= 0.6 is 23.4 Å². The summed E-state index contributed by atoms with van der Waals surface area (Å²) < 4.78 is 26.4. The number of rotatable bonds is 9. The monoisotopic (exact) mass is 354 g/mol. The first-order valence-corrected chi connectivity index (χ1v) is 9.02. The van der Waals surface area contributed by atoms with Gasteiger partial charge in [-0.1, -0.05) is 11.6 Å². The van der Waals surface area contributed by atoms with Crippen molar-refractivity contribution < 1.29 is 18.4 Å². The van der Waals surface area contributed by atoms with Gasteiger partial charge < -0.3 is 5.11 Å². The Hall–Kier alpha value is -0.870. The molecule has 0 aliphatic heterocycles. The quantitative estimate of drug-likeness (QED) is 0.396. The molecule has 2 N–H and O–H groups in total. The fourth-order valence-electron chi connectivity index (χ4n) is 1.46. The molecule has 0 atom stereocenters. The number of nitrogens with zero attached hydrogens (tertiary/aromatic N) is 1. The summed E-state index contributed by atoms with van der Waals surface area (Å²) in [6.07, 6.45) is 0.639. The SMILES string of the molecule is O=[N+]([O-])c1cc(Cl)ccc1S(=O)(=O)NCCSCCCO. The highest BCUT2D eigenvalue weighted by Crippen LogP contribution is 2.26. The topological polar surface area (TPSA) is 110 Å². The molecule has 21 heavy (non-hydrogen) atoms. The number of halogens is 1. The number of hydrogen-bond acceptors (Lipinski definition) is 6. The highest BCUT2D eigenvalue weighted by Gasteiger charge is 2.25. The number of aliphatic hydroxyl groups is 1. The molecular formula is C11H15ClN2O5S2. The van der Waals surface area contributed by atoms with Crippen LogP contribution in [-0.4, -0.2) is 43.1 Å². The molecule has 0 saturated heterocycles. The second-order valence-electron chi connectivity index (χ2n) is 3.96. The molecule has 0 fully saturated rings. The molecule has 1 rings (SSSR count). The molecule has 0 radical (unpaired) electrons. The molecule has 0 bridgehead atoms. The highest BCUT2D eigenvalue weighted by atomic mass is 35.5. The number of hydrogen-bond donors (Lipinski definition) is 2. The summed E-state index contributed by atoms with van der Waals surface area (Å²) >= 11 is 7.13. The van der Waals surface area contributed by atoms with Crippen LogP contribution < -0.4 is 4.72 Å². The molecule has 0 aliphatic carbocycles. The summed E-state index contributed by atoms with van der Waals surface area (Å²) in [4.78, 5) is 9.71. The van der Waals surface area contributed by atoms with E-state index in [-0.39, 0.29) is 18.2 Å². The summed E-state index contributed by atoms with van der Waals surface area (Å²) in [6, 6.07) is 3.41. The maximum absolute atomic E-state index is 12.0. The van der Waals surface area contributed by atoms with Gasteiger partial charge in [0.1, 0.15) is 0 Å². The zero-order valence-electron chi connectivity index (χ0n) is 11.0. The number of benzene rings is 1. The summed E-state index contributed by atoms with van der Waals surface area (Å²) in [7, 11) is -3.96. The van der Waals surface area contributed by atoms with Crippen LogP contribution in [0.3, 0.4) is 0 Å². The third-order valence-electron chi connectivity index (χ3n) is 2.39. The van der Waals surface area contributed by atoms with Gasteiger partial charge in [0.05, 0.1) is 4.92 Å². The summed E-state index contributed by atoms with van der Waals surface area (Å²) in [6.45, 7) is 0.244. The van der Waals surface area contributed by atoms with Crippen molar-refractivity contribution in [1.82, 2.24) is 4.72 Å². The van der Waals surface area contributed by atoms with Gasteiger partial charge in [-0.25, -0.2) is 13.1 Å². The predicted molar refractivity (Wildman–Crippen MR) is 82.3 cm³/mol. The molecule has 10 heteroatoms. The normalized spacial score (nSPS) is 11.5. The standard InChI is InChI=1S/C11H15ClN2O5S2/c12-9-2-3-11(10(8-9)14(16)17)21(18,19)13-4-7-20-6-1-5-15/h2-3,8,13,15H,1,4-7H2. The van der Waals surface area contributed by atoms with E-state index < -0.39 is 25.5 Å². The molecule has 118 valence electrons. The number of sulfonamides is 1. The van der Waals surface area contributed by atoms with E-state index in [2.05, 4.69) is 4.72 Å². The van der Waals surface area contributed by atoms with Crippen molar-refractivity contribution in [1.29, 1.82) is 0 Å². The first-order chi connectivity index (χ1) is 9.88. The molecule has 0 amide bonds. The van der Waals surface area contributed by atoms with E-state index in [0.717, 1.165) is 17.9 Å². The number of nitrogens with one attached hydrogen (secondary N) is 1. The van der Waals surface area contributed by atoms with Crippen LogP contribution in [0.2, 0.25) is 5.02 Å². The van der Waals surface area contributed by atoms with E-state index >= 15 is 0 Å². The lowest BCUT2D eigenvalue weighted by Crippen LogP contribution is -2.26. The van der Waals surface area contributed by atoms with Crippen molar-refractivity contribution in [3.8, 4) is 0 Å². The van der Waals surface area contributed by atoms with E-state index in [1.165, 1.54) is 17.8 Å². The third kappa shape index (κ3) is 5.79. The molecule has 0 aromatic heterocycles. The molecule has 7 nitrogen and oxygen atoms in total. The number of nitro benzene ring substituents is 1. The van der Waals surface area contributed by atoms with Crippen LogP contribution in [0.1, 0.15) is 6.42 Å². The summed E-state index contributed by atoms with van der Waals surface area (Å²) in [5, 5.41) is 19.6. The Morgan fingerprint density at radius 1 is 1.38 bits per heavy atom. The van der Waals surface area contributed by atoms with Crippen LogP contribution in [0.25, 0.3) is 0 Å². The van der Waals surface area contributed by atoms with Crippen LogP contribution in [0.15, 0.2) is 23.1 Å². The van der Waals surface area contributed by atoms with Crippen molar-refractivity contribution in [2.75, 3.05) is 24.7 Å². The second-order valence-corrected chi connectivity index (χ2v) is 7.35. The van der Waals surface area contributed by atoms with Crippen molar-refractivity contribution in [2.24, 2.45) is 0 Å². The van der Waals surface area contributed by atoms with Crippen molar-refractivity contribution in [3.63, 3.8) is 0 Å². The molecule has 0 spiro atoms. The van der Waals surface area contributed by atoms with E-state index in [0.29, 0.717) is 12.2 Å². The number of thioether (sulfide) groups is 1.